The molecule has 0 fully saturated rings. The Bertz CT molecular complexity index is 794. The van der Waals surface area contributed by atoms with Gasteiger partial charge in [-0.25, -0.2) is 0 Å². The highest BCUT2D eigenvalue weighted by Gasteiger charge is 2.26. The number of rotatable bonds is 10. The van der Waals surface area contributed by atoms with Crippen molar-refractivity contribution < 1.29 is 9.59 Å². The number of nitrogens with zero attached hydrogens (tertiary/aromatic N) is 1. The number of carbonyl (C=O) groups is 2. The Morgan fingerprint density at radius 3 is 2.38 bits per heavy atom. The molecule has 29 heavy (non-hydrogen) atoms. The second-order valence-corrected chi connectivity index (χ2v) is 9.03. The fourth-order valence-electron chi connectivity index (χ4n) is 2.77. The summed E-state index contributed by atoms with van der Waals surface area (Å²) in [7, 11) is 0. The number of aryl methyl sites for hydroxylation is 1. The van der Waals surface area contributed by atoms with Crippen LogP contribution in [0.5, 0.6) is 0 Å². The van der Waals surface area contributed by atoms with E-state index >= 15 is 0 Å². The molecule has 0 aliphatic rings. The zero-order valence-corrected chi connectivity index (χ0v) is 19.7. The molecule has 2 aromatic carbocycles. The summed E-state index contributed by atoms with van der Waals surface area (Å²) in [5, 5.41) is 2.95. The van der Waals surface area contributed by atoms with Crippen LogP contribution in [0.25, 0.3) is 0 Å². The molecule has 4 nitrogen and oxygen atoms in total. The van der Waals surface area contributed by atoms with Crippen LogP contribution in [-0.4, -0.2) is 35.1 Å². The molecule has 2 amide bonds. The lowest BCUT2D eigenvalue weighted by Gasteiger charge is -2.29. The van der Waals surface area contributed by atoms with E-state index in [0.717, 1.165) is 27.8 Å². The van der Waals surface area contributed by atoms with Gasteiger partial charge in [0.25, 0.3) is 0 Å². The van der Waals surface area contributed by atoms with E-state index in [-0.39, 0.29) is 11.8 Å². The number of nitrogens with one attached hydrogen (secondary N) is 1. The van der Waals surface area contributed by atoms with Crippen LogP contribution in [0.15, 0.2) is 57.9 Å². The first kappa shape index (κ1) is 23.5. The first-order valence-corrected chi connectivity index (χ1v) is 11.7. The van der Waals surface area contributed by atoms with Gasteiger partial charge in [0.15, 0.2) is 0 Å². The maximum absolute atomic E-state index is 13.0. The zero-order chi connectivity index (χ0) is 21.2. The summed E-state index contributed by atoms with van der Waals surface area (Å²) in [4.78, 5) is 28.4. The highest BCUT2D eigenvalue weighted by Crippen LogP contribution is 2.21. The standard InChI is InChI=1S/C23H29BrN2O2S/c1-4-5-14-25-23(28)18(3)26(15-19-8-10-20(24)11-9-19)22(27)16-29-21-12-6-17(2)7-13-21/h6-13,18H,4-5,14-16H2,1-3H3,(H,25,28)/t18-/m0/s1. The van der Waals surface area contributed by atoms with Gasteiger partial charge in [-0.05, 0) is 50.1 Å². The van der Waals surface area contributed by atoms with Crippen molar-refractivity contribution in [1.82, 2.24) is 10.2 Å². The molecule has 0 saturated heterocycles. The number of hydrogen-bond donors (Lipinski definition) is 1. The van der Waals surface area contributed by atoms with Gasteiger partial charge in [0.1, 0.15) is 6.04 Å². The summed E-state index contributed by atoms with van der Waals surface area (Å²) in [6.07, 6.45) is 1.95. The van der Waals surface area contributed by atoms with Crippen molar-refractivity contribution in [3.8, 4) is 0 Å². The quantitative estimate of drug-likeness (QED) is 0.379. The molecule has 0 spiro atoms. The van der Waals surface area contributed by atoms with Crippen LogP contribution < -0.4 is 5.32 Å². The number of unbranched alkanes of at least 4 members (excludes halogenated alkanes) is 1. The fraction of sp³-hybridized carbons (Fsp3) is 0.391. The minimum Gasteiger partial charge on any atom is -0.354 e. The lowest BCUT2D eigenvalue weighted by Crippen LogP contribution is -2.48. The summed E-state index contributed by atoms with van der Waals surface area (Å²) < 4.78 is 0.986. The molecule has 0 aliphatic heterocycles. The van der Waals surface area contributed by atoms with Gasteiger partial charge < -0.3 is 10.2 Å². The van der Waals surface area contributed by atoms with E-state index in [0.29, 0.717) is 18.8 Å². The predicted octanol–water partition coefficient (Wildman–Crippen LogP) is 5.18. The van der Waals surface area contributed by atoms with Gasteiger partial charge in [0.05, 0.1) is 5.75 Å². The smallest absolute Gasteiger partial charge is 0.242 e. The van der Waals surface area contributed by atoms with Crippen LogP contribution in [-0.2, 0) is 16.1 Å². The molecule has 6 heteroatoms. The van der Waals surface area contributed by atoms with E-state index in [1.54, 1.807) is 11.8 Å². The molecule has 0 unspecified atom stereocenters. The normalized spacial score (nSPS) is 11.7. The van der Waals surface area contributed by atoms with Crippen molar-refractivity contribution in [2.24, 2.45) is 0 Å². The van der Waals surface area contributed by atoms with Crippen molar-refractivity contribution in [3.05, 3.63) is 64.1 Å². The van der Waals surface area contributed by atoms with Crippen LogP contribution in [0.1, 0.15) is 37.8 Å². The Morgan fingerprint density at radius 1 is 1.10 bits per heavy atom. The Labute approximate surface area is 186 Å². The van der Waals surface area contributed by atoms with E-state index in [1.807, 2.05) is 55.5 Å². The van der Waals surface area contributed by atoms with E-state index in [4.69, 9.17) is 0 Å². The molecule has 0 bridgehead atoms. The molecule has 1 N–H and O–H groups in total. The highest BCUT2D eigenvalue weighted by molar-refractivity contribution is 9.10. The fourth-order valence-corrected chi connectivity index (χ4v) is 3.82. The monoisotopic (exact) mass is 476 g/mol. The molecule has 156 valence electrons. The van der Waals surface area contributed by atoms with Crippen LogP contribution in [0.2, 0.25) is 0 Å². The number of amides is 2. The van der Waals surface area contributed by atoms with Crippen LogP contribution >= 0.6 is 27.7 Å². The summed E-state index contributed by atoms with van der Waals surface area (Å²) in [5.41, 5.74) is 2.19. The summed E-state index contributed by atoms with van der Waals surface area (Å²) in [6.45, 7) is 6.97. The third kappa shape index (κ3) is 7.86. The topological polar surface area (TPSA) is 49.4 Å². The average molecular weight is 477 g/mol. The molecule has 0 aromatic heterocycles. The Hall–Kier alpha value is -1.79. The van der Waals surface area contributed by atoms with Gasteiger partial charge in [-0.3, -0.25) is 9.59 Å². The number of benzene rings is 2. The second kappa shape index (κ2) is 12.0. The van der Waals surface area contributed by atoms with E-state index < -0.39 is 6.04 Å². The van der Waals surface area contributed by atoms with E-state index in [1.165, 1.54) is 17.3 Å². The van der Waals surface area contributed by atoms with Crippen molar-refractivity contribution in [1.29, 1.82) is 0 Å². The van der Waals surface area contributed by atoms with Crippen molar-refractivity contribution >= 4 is 39.5 Å². The van der Waals surface area contributed by atoms with Crippen molar-refractivity contribution in [3.63, 3.8) is 0 Å². The minimum atomic E-state index is -0.526. The van der Waals surface area contributed by atoms with Crippen LogP contribution in [0, 0.1) is 6.92 Å². The first-order chi connectivity index (χ1) is 13.9. The maximum atomic E-state index is 13.0. The molecule has 2 aromatic rings. The van der Waals surface area contributed by atoms with Gasteiger partial charge in [0, 0.05) is 22.5 Å². The van der Waals surface area contributed by atoms with Crippen LogP contribution in [0.3, 0.4) is 0 Å². The largest absolute Gasteiger partial charge is 0.354 e. The lowest BCUT2D eigenvalue weighted by molar-refractivity contribution is -0.138. The van der Waals surface area contributed by atoms with E-state index in [2.05, 4.69) is 28.2 Å². The molecule has 1 atom stereocenters. The Kier molecular flexibility index (Phi) is 9.74. The Morgan fingerprint density at radius 2 is 1.76 bits per heavy atom. The first-order valence-electron chi connectivity index (χ1n) is 9.91. The number of carbonyl (C=O) groups excluding carboxylic acids is 2. The number of halogens is 1. The Balaban J connectivity index is 2.08. The predicted molar refractivity (Wildman–Crippen MR) is 124 cm³/mol. The van der Waals surface area contributed by atoms with Crippen LogP contribution in [0.4, 0.5) is 0 Å². The average Bonchev–Trinajstić information content (AvgIpc) is 2.72. The maximum Gasteiger partial charge on any atom is 0.242 e. The minimum absolute atomic E-state index is 0.0448. The van der Waals surface area contributed by atoms with Gasteiger partial charge >= 0.3 is 0 Å². The summed E-state index contributed by atoms with van der Waals surface area (Å²) in [5.74, 6) is 0.146. The van der Waals surface area contributed by atoms with Gasteiger partial charge in [0.2, 0.25) is 11.8 Å². The molecule has 0 heterocycles. The number of thioether (sulfide) groups is 1. The molecular formula is C23H29BrN2O2S. The number of hydrogen-bond acceptors (Lipinski definition) is 3. The molecule has 2 rings (SSSR count). The second-order valence-electron chi connectivity index (χ2n) is 7.07. The van der Waals surface area contributed by atoms with Gasteiger partial charge in [-0.1, -0.05) is 59.1 Å². The molecular weight excluding hydrogens is 448 g/mol. The molecule has 0 aliphatic carbocycles. The summed E-state index contributed by atoms with van der Waals surface area (Å²) >= 11 is 4.93. The lowest BCUT2D eigenvalue weighted by atomic mass is 10.1. The van der Waals surface area contributed by atoms with E-state index in [9.17, 15) is 9.59 Å². The molecule has 0 saturated carbocycles. The van der Waals surface area contributed by atoms with Crippen molar-refractivity contribution in [2.45, 2.75) is 51.1 Å². The summed E-state index contributed by atoms with van der Waals surface area (Å²) in [6, 6.07) is 15.4. The van der Waals surface area contributed by atoms with Gasteiger partial charge in [-0.15, -0.1) is 11.8 Å². The SMILES string of the molecule is CCCCNC(=O)[C@H](C)N(Cc1ccc(Br)cc1)C(=O)CSc1ccc(C)cc1. The zero-order valence-electron chi connectivity index (χ0n) is 17.3. The highest BCUT2D eigenvalue weighted by atomic mass is 79.9. The molecule has 0 radical (unpaired) electrons. The van der Waals surface area contributed by atoms with Crippen molar-refractivity contribution in [2.75, 3.05) is 12.3 Å². The van der Waals surface area contributed by atoms with Gasteiger partial charge in [-0.2, -0.15) is 0 Å². The third-order valence-corrected chi connectivity index (χ3v) is 6.17. The third-order valence-electron chi connectivity index (χ3n) is 4.65.